The van der Waals surface area contributed by atoms with Crippen LogP contribution < -0.4 is 0 Å². The molecule has 0 aliphatic heterocycles. The maximum atomic E-state index is 12.5. The maximum absolute atomic E-state index is 12.5. The third-order valence-corrected chi connectivity index (χ3v) is 13.2. The van der Waals surface area contributed by atoms with Gasteiger partial charge in [0.15, 0.2) is 5.78 Å². The lowest BCUT2D eigenvalue weighted by Crippen LogP contribution is -1.96. The number of aromatic nitrogens is 2. The molecule has 0 amide bonds. The van der Waals surface area contributed by atoms with Crippen LogP contribution in [0.3, 0.4) is 0 Å². The molecule has 0 fully saturated rings. The summed E-state index contributed by atoms with van der Waals surface area (Å²) in [6, 6.07) is 44.9. The van der Waals surface area contributed by atoms with Gasteiger partial charge in [-0.05, 0) is 133 Å². The van der Waals surface area contributed by atoms with E-state index in [1.807, 2.05) is 12.4 Å². The van der Waals surface area contributed by atoms with E-state index < -0.39 is 0 Å². The minimum atomic E-state index is 0.0594. The highest BCUT2D eigenvalue weighted by molar-refractivity contribution is 5.97. The molecule has 14 bridgehead atoms. The highest BCUT2D eigenvalue weighted by Crippen LogP contribution is 2.32. The summed E-state index contributed by atoms with van der Waals surface area (Å²) in [5, 5.41) is 15.5. The van der Waals surface area contributed by atoms with Gasteiger partial charge in [-0.3, -0.25) is 14.8 Å². The van der Waals surface area contributed by atoms with E-state index in [4.69, 9.17) is 9.97 Å². The second kappa shape index (κ2) is 22.5. The minimum Gasteiger partial charge on any atom is -0.512 e. The van der Waals surface area contributed by atoms with Crippen molar-refractivity contribution in [2.75, 3.05) is 0 Å². The van der Waals surface area contributed by atoms with Gasteiger partial charge < -0.3 is 5.11 Å². The van der Waals surface area contributed by atoms with Gasteiger partial charge in [0.1, 0.15) is 0 Å². The Labute approximate surface area is 375 Å². The first-order valence-electron chi connectivity index (χ1n) is 24.0. The topological polar surface area (TPSA) is 63.1 Å². The average molecular weight is 833 g/mol. The van der Waals surface area contributed by atoms with Gasteiger partial charge in [-0.15, -0.1) is 0 Å². The van der Waals surface area contributed by atoms with E-state index in [0.29, 0.717) is 12.8 Å². The lowest BCUT2D eigenvalue weighted by atomic mass is 9.95. The summed E-state index contributed by atoms with van der Waals surface area (Å²) in [6.45, 7) is 0. The number of allylic oxidation sites excluding steroid dienone is 2. The number of nitrogens with zero attached hydrogens (tertiary/aromatic N) is 2. The van der Waals surface area contributed by atoms with Gasteiger partial charge in [0.25, 0.3) is 0 Å². The van der Waals surface area contributed by atoms with Crippen LogP contribution in [0.2, 0.25) is 0 Å². The smallest absolute Gasteiger partial charge is 0.159 e. The van der Waals surface area contributed by atoms with E-state index in [9.17, 15) is 9.90 Å². The Morgan fingerprint density at radius 3 is 1.27 bits per heavy atom. The monoisotopic (exact) mass is 832 g/mol. The summed E-state index contributed by atoms with van der Waals surface area (Å²) in [4.78, 5) is 22.4. The number of benzene rings is 5. The van der Waals surface area contributed by atoms with Crippen LogP contribution in [-0.2, 0) is 43.3 Å². The molecule has 0 spiro atoms. The molecular formula is C59H64N2O2. The molecule has 2 aliphatic carbocycles. The maximum Gasteiger partial charge on any atom is 0.159 e. The second-order valence-corrected chi connectivity index (χ2v) is 17.9. The quantitative estimate of drug-likeness (QED) is 0.165. The highest BCUT2D eigenvalue weighted by Gasteiger charge is 2.12. The summed E-state index contributed by atoms with van der Waals surface area (Å²) >= 11 is 0. The SMILES string of the molecule is O=C1C=C(O)CCCCCCCCc2cccc3c(nccc23)-c2cccc(c2)CCc2ccc(cc2)CCc2cccc(c2)-c2nccc3c(cccc23)CCCCCCCC1. The van der Waals surface area contributed by atoms with Crippen molar-refractivity contribution in [2.45, 2.75) is 128 Å². The number of aliphatic hydroxyl groups excluding tert-OH is 1. The molecule has 322 valence electrons. The average Bonchev–Trinajstić information content (AvgIpc) is 3.31. The molecule has 0 saturated carbocycles. The molecule has 2 aliphatic rings. The molecule has 4 heteroatoms. The molecule has 0 atom stereocenters. The molecule has 5 aromatic carbocycles. The van der Waals surface area contributed by atoms with Gasteiger partial charge >= 0.3 is 0 Å². The fourth-order valence-electron chi connectivity index (χ4n) is 9.62. The molecule has 0 radical (unpaired) electrons. The van der Waals surface area contributed by atoms with Gasteiger partial charge in [-0.1, -0.05) is 148 Å². The van der Waals surface area contributed by atoms with Gasteiger partial charge in [-0.2, -0.15) is 0 Å². The molecule has 4 nitrogen and oxygen atoms in total. The van der Waals surface area contributed by atoms with Crippen LogP contribution in [0, 0.1) is 0 Å². The highest BCUT2D eigenvalue weighted by atomic mass is 16.3. The largest absolute Gasteiger partial charge is 0.512 e. The zero-order valence-corrected chi connectivity index (χ0v) is 37.2. The van der Waals surface area contributed by atoms with E-state index in [0.717, 1.165) is 101 Å². The zero-order chi connectivity index (χ0) is 43.1. The second-order valence-electron chi connectivity index (χ2n) is 17.9. The Hall–Kier alpha value is -5.87. The third kappa shape index (κ3) is 12.2. The van der Waals surface area contributed by atoms with Crippen LogP contribution in [0.15, 0.2) is 146 Å². The van der Waals surface area contributed by atoms with E-state index in [2.05, 4.69) is 121 Å². The van der Waals surface area contributed by atoms with Crippen molar-refractivity contribution in [3.05, 3.63) is 179 Å². The molecule has 63 heavy (non-hydrogen) atoms. The van der Waals surface area contributed by atoms with Crippen molar-refractivity contribution in [1.29, 1.82) is 0 Å². The van der Waals surface area contributed by atoms with E-state index >= 15 is 0 Å². The summed E-state index contributed by atoms with van der Waals surface area (Å²) in [6.07, 6.45) is 25.9. The summed E-state index contributed by atoms with van der Waals surface area (Å²) in [7, 11) is 0. The van der Waals surface area contributed by atoms with Crippen LogP contribution in [0.25, 0.3) is 44.1 Å². The summed E-state index contributed by atoms with van der Waals surface area (Å²) < 4.78 is 0. The predicted molar refractivity (Wildman–Crippen MR) is 263 cm³/mol. The number of pyridine rings is 2. The van der Waals surface area contributed by atoms with Gasteiger partial charge in [0.2, 0.25) is 0 Å². The number of aryl methyl sites for hydroxylation is 6. The number of hydrogen-bond donors (Lipinski definition) is 1. The first-order valence-corrected chi connectivity index (χ1v) is 24.0. The molecule has 0 saturated heterocycles. The van der Waals surface area contributed by atoms with E-state index in [1.54, 1.807) is 0 Å². The van der Waals surface area contributed by atoms with Gasteiger partial charge in [-0.25, -0.2) is 0 Å². The van der Waals surface area contributed by atoms with Crippen LogP contribution in [-0.4, -0.2) is 20.9 Å². The molecule has 7 aromatic rings. The fourth-order valence-corrected chi connectivity index (χ4v) is 9.62. The number of ketones is 1. The van der Waals surface area contributed by atoms with Gasteiger partial charge in [0.05, 0.1) is 17.1 Å². The number of carbonyl (C=O) groups excluding carboxylic acids is 1. The van der Waals surface area contributed by atoms with Crippen molar-refractivity contribution in [3.8, 4) is 22.5 Å². The molecule has 1 N–H and O–H groups in total. The number of fused-ring (bicyclic) bond motifs is 21. The molecule has 2 aromatic heterocycles. The van der Waals surface area contributed by atoms with E-state index in [-0.39, 0.29) is 11.5 Å². The van der Waals surface area contributed by atoms with Crippen molar-refractivity contribution < 1.29 is 9.90 Å². The van der Waals surface area contributed by atoms with Crippen LogP contribution >= 0.6 is 0 Å². The van der Waals surface area contributed by atoms with Crippen molar-refractivity contribution >= 4 is 27.3 Å². The first-order chi connectivity index (χ1) is 31.1. The Bertz CT molecular complexity index is 2620. The predicted octanol–water partition coefficient (Wildman–Crippen LogP) is 15.3. The summed E-state index contributed by atoms with van der Waals surface area (Å²) in [5.41, 5.74) is 12.6. The Balaban J connectivity index is 0.949. The number of rotatable bonds is 0. The minimum absolute atomic E-state index is 0.0594. The Morgan fingerprint density at radius 2 is 0.778 bits per heavy atom. The third-order valence-electron chi connectivity index (χ3n) is 13.2. The molecule has 2 heterocycles. The Kier molecular flexibility index (Phi) is 15.6. The van der Waals surface area contributed by atoms with E-state index in [1.165, 1.54) is 97.8 Å². The molecule has 9 rings (SSSR count). The first kappa shape index (κ1) is 43.8. The number of carbonyl (C=O) groups is 1. The van der Waals surface area contributed by atoms with Crippen LogP contribution in [0.5, 0.6) is 0 Å². The van der Waals surface area contributed by atoms with Crippen LogP contribution in [0.4, 0.5) is 0 Å². The van der Waals surface area contributed by atoms with Crippen molar-refractivity contribution in [3.63, 3.8) is 0 Å². The number of hydrogen-bond acceptors (Lipinski definition) is 4. The van der Waals surface area contributed by atoms with Crippen molar-refractivity contribution in [2.24, 2.45) is 0 Å². The zero-order valence-electron chi connectivity index (χ0n) is 37.2. The molecule has 0 unspecified atom stereocenters. The molecular weight excluding hydrogens is 769 g/mol. The Morgan fingerprint density at radius 1 is 0.365 bits per heavy atom. The van der Waals surface area contributed by atoms with Crippen LogP contribution in [0.1, 0.15) is 123 Å². The summed E-state index contributed by atoms with van der Waals surface area (Å²) in [5.74, 6) is 0.306. The number of aliphatic hydroxyl groups is 1. The fraction of sp³-hybridized carbons (Fsp3) is 0.339. The van der Waals surface area contributed by atoms with Crippen molar-refractivity contribution in [1.82, 2.24) is 9.97 Å². The standard InChI is InChI=1S/C59H64N2O2/c62-52-25-11-7-3-1-5-9-19-48-21-15-27-56-54(48)37-39-60-58(56)50-23-13-17-46(41-50)35-33-44-29-31-45(32-30-44)34-36-47-18-14-24-51(42-47)59-57-28-16-22-49(55(57)38-40-61-59)20-10-6-2-4-8-12-26-53(63)43-52/h13-18,21-24,27-32,37-43,62H,1-12,19-20,25-26,33-36H2. The van der Waals surface area contributed by atoms with Gasteiger partial charge in [0, 0.05) is 53.2 Å². The lowest BCUT2D eigenvalue weighted by molar-refractivity contribution is -0.114. The normalized spacial score (nSPS) is 16.1. The lowest BCUT2D eigenvalue weighted by Gasteiger charge is -2.12.